The molecule has 1 aromatic heterocycles. The monoisotopic (exact) mass is 268 g/mol. The molecular formula is C12H20N4OS. The number of amides is 1. The molecule has 0 aliphatic carbocycles. The van der Waals surface area contributed by atoms with Crippen molar-refractivity contribution in [1.29, 1.82) is 0 Å². The summed E-state index contributed by atoms with van der Waals surface area (Å²) in [6.07, 6.45) is 2.96. The van der Waals surface area contributed by atoms with E-state index < -0.39 is 0 Å². The van der Waals surface area contributed by atoms with Crippen LogP contribution in [0, 0.1) is 5.41 Å². The number of carbonyl (C=O) groups excluding carboxylic acids is 1. The predicted octanol–water partition coefficient (Wildman–Crippen LogP) is 1.22. The largest absolute Gasteiger partial charge is 0.351 e. The maximum Gasteiger partial charge on any atom is 0.264 e. The summed E-state index contributed by atoms with van der Waals surface area (Å²) in [6.45, 7) is 7.03. The van der Waals surface area contributed by atoms with Gasteiger partial charge in [-0.25, -0.2) is 0 Å². The molecular weight excluding hydrogens is 248 g/mol. The van der Waals surface area contributed by atoms with Crippen molar-refractivity contribution in [2.45, 2.75) is 33.1 Å². The molecule has 1 saturated heterocycles. The number of piperidine rings is 1. The standard InChI is InChI=1S/C12H20N4OS/c1-3-9-10(18-16-15-9)11(17)14-8-12(2)4-6-13-7-5-12/h13H,3-8H2,1-2H3,(H,14,17). The summed E-state index contributed by atoms with van der Waals surface area (Å²) in [6, 6.07) is 0. The Kier molecular flexibility index (Phi) is 4.29. The van der Waals surface area contributed by atoms with Crippen LogP contribution in [0.5, 0.6) is 0 Å². The first-order valence-electron chi connectivity index (χ1n) is 6.45. The molecule has 0 radical (unpaired) electrons. The first-order valence-corrected chi connectivity index (χ1v) is 7.22. The first kappa shape index (κ1) is 13.4. The van der Waals surface area contributed by atoms with Gasteiger partial charge in [-0.2, -0.15) is 0 Å². The second kappa shape index (κ2) is 5.75. The third kappa shape index (κ3) is 3.05. The first-order chi connectivity index (χ1) is 8.64. The lowest BCUT2D eigenvalue weighted by Crippen LogP contribution is -2.42. The van der Waals surface area contributed by atoms with Gasteiger partial charge in [0, 0.05) is 6.54 Å². The van der Waals surface area contributed by atoms with Crippen LogP contribution >= 0.6 is 11.5 Å². The Balaban J connectivity index is 1.92. The van der Waals surface area contributed by atoms with Crippen LogP contribution in [0.25, 0.3) is 0 Å². The van der Waals surface area contributed by atoms with E-state index in [2.05, 4.69) is 27.1 Å². The highest BCUT2D eigenvalue weighted by Gasteiger charge is 2.27. The van der Waals surface area contributed by atoms with Crippen molar-refractivity contribution >= 4 is 17.4 Å². The zero-order valence-electron chi connectivity index (χ0n) is 11.0. The second-order valence-electron chi connectivity index (χ2n) is 5.15. The van der Waals surface area contributed by atoms with Crippen molar-refractivity contribution in [3.63, 3.8) is 0 Å². The molecule has 0 bridgehead atoms. The van der Waals surface area contributed by atoms with Gasteiger partial charge < -0.3 is 10.6 Å². The van der Waals surface area contributed by atoms with E-state index in [-0.39, 0.29) is 11.3 Å². The number of rotatable bonds is 4. The maximum absolute atomic E-state index is 12.1. The number of aryl methyl sites for hydroxylation is 1. The minimum absolute atomic E-state index is 0.0263. The average Bonchev–Trinajstić information content (AvgIpc) is 2.85. The molecule has 0 spiro atoms. The van der Waals surface area contributed by atoms with Gasteiger partial charge in [0.05, 0.1) is 5.69 Å². The van der Waals surface area contributed by atoms with E-state index >= 15 is 0 Å². The van der Waals surface area contributed by atoms with Crippen LogP contribution in [0.3, 0.4) is 0 Å². The van der Waals surface area contributed by atoms with E-state index in [1.807, 2.05) is 6.92 Å². The summed E-state index contributed by atoms with van der Waals surface area (Å²) in [7, 11) is 0. The molecule has 0 aromatic carbocycles. The summed E-state index contributed by atoms with van der Waals surface area (Å²) in [5.41, 5.74) is 1.01. The molecule has 1 fully saturated rings. The van der Waals surface area contributed by atoms with Crippen molar-refractivity contribution in [1.82, 2.24) is 20.2 Å². The van der Waals surface area contributed by atoms with Gasteiger partial charge in [-0.3, -0.25) is 4.79 Å². The number of carbonyl (C=O) groups is 1. The molecule has 2 N–H and O–H groups in total. The minimum atomic E-state index is -0.0263. The Morgan fingerprint density at radius 3 is 2.89 bits per heavy atom. The highest BCUT2D eigenvalue weighted by Crippen LogP contribution is 2.26. The summed E-state index contributed by atoms with van der Waals surface area (Å²) < 4.78 is 3.85. The Morgan fingerprint density at radius 2 is 2.22 bits per heavy atom. The van der Waals surface area contributed by atoms with Crippen LogP contribution in [0.2, 0.25) is 0 Å². The van der Waals surface area contributed by atoms with Gasteiger partial charge in [0.15, 0.2) is 0 Å². The highest BCUT2D eigenvalue weighted by molar-refractivity contribution is 7.08. The molecule has 0 saturated carbocycles. The van der Waals surface area contributed by atoms with Gasteiger partial charge in [0.2, 0.25) is 0 Å². The molecule has 1 aromatic rings. The number of nitrogens with one attached hydrogen (secondary N) is 2. The molecule has 2 heterocycles. The fourth-order valence-electron chi connectivity index (χ4n) is 2.19. The maximum atomic E-state index is 12.1. The van der Waals surface area contributed by atoms with Gasteiger partial charge in [0.1, 0.15) is 4.88 Å². The van der Waals surface area contributed by atoms with Crippen LogP contribution in [0.1, 0.15) is 42.1 Å². The molecule has 6 heteroatoms. The summed E-state index contributed by atoms with van der Waals surface area (Å²) in [5, 5.41) is 10.3. The van der Waals surface area contributed by atoms with E-state index in [4.69, 9.17) is 0 Å². The zero-order chi connectivity index (χ0) is 13.0. The summed E-state index contributed by atoms with van der Waals surface area (Å²) in [5.74, 6) is -0.0263. The van der Waals surface area contributed by atoms with Gasteiger partial charge in [-0.05, 0) is 49.3 Å². The third-order valence-corrected chi connectivity index (χ3v) is 4.35. The Hall–Kier alpha value is -1.01. The molecule has 1 amide bonds. The molecule has 0 unspecified atom stereocenters. The lowest BCUT2D eigenvalue weighted by atomic mass is 9.81. The van der Waals surface area contributed by atoms with Crippen LogP contribution in [-0.2, 0) is 6.42 Å². The van der Waals surface area contributed by atoms with Gasteiger partial charge in [-0.15, -0.1) is 5.10 Å². The number of aromatic nitrogens is 2. The summed E-state index contributed by atoms with van der Waals surface area (Å²) in [4.78, 5) is 12.7. The van der Waals surface area contributed by atoms with Gasteiger partial charge >= 0.3 is 0 Å². The van der Waals surface area contributed by atoms with Crippen LogP contribution in [0.15, 0.2) is 0 Å². The molecule has 1 aliphatic heterocycles. The minimum Gasteiger partial charge on any atom is -0.351 e. The second-order valence-corrected chi connectivity index (χ2v) is 5.90. The summed E-state index contributed by atoms with van der Waals surface area (Å²) >= 11 is 1.18. The van der Waals surface area contributed by atoms with E-state index in [9.17, 15) is 4.79 Å². The SMILES string of the molecule is CCc1nnsc1C(=O)NCC1(C)CCNCC1. The van der Waals surface area contributed by atoms with E-state index in [1.165, 1.54) is 11.5 Å². The Labute approximate surface area is 112 Å². The molecule has 1 aliphatic rings. The van der Waals surface area contributed by atoms with Crippen molar-refractivity contribution in [2.24, 2.45) is 5.41 Å². The van der Waals surface area contributed by atoms with Crippen molar-refractivity contribution in [3.05, 3.63) is 10.6 Å². The number of nitrogens with zero attached hydrogens (tertiary/aromatic N) is 2. The fourth-order valence-corrected chi connectivity index (χ4v) is 2.86. The fraction of sp³-hybridized carbons (Fsp3) is 0.750. The third-order valence-electron chi connectivity index (χ3n) is 3.58. The smallest absolute Gasteiger partial charge is 0.264 e. The van der Waals surface area contributed by atoms with Gasteiger partial charge in [0.25, 0.3) is 5.91 Å². The van der Waals surface area contributed by atoms with Crippen LogP contribution in [-0.4, -0.2) is 35.1 Å². The normalized spacial score (nSPS) is 18.6. The van der Waals surface area contributed by atoms with Crippen LogP contribution < -0.4 is 10.6 Å². The molecule has 18 heavy (non-hydrogen) atoms. The van der Waals surface area contributed by atoms with E-state index in [1.54, 1.807) is 0 Å². The highest BCUT2D eigenvalue weighted by atomic mass is 32.1. The van der Waals surface area contributed by atoms with Crippen molar-refractivity contribution < 1.29 is 4.79 Å². The van der Waals surface area contributed by atoms with Crippen molar-refractivity contribution in [2.75, 3.05) is 19.6 Å². The molecule has 2 rings (SSSR count). The van der Waals surface area contributed by atoms with Gasteiger partial charge in [-0.1, -0.05) is 18.3 Å². The quantitative estimate of drug-likeness (QED) is 0.861. The number of hydrogen-bond acceptors (Lipinski definition) is 5. The predicted molar refractivity (Wildman–Crippen MR) is 71.8 cm³/mol. The Bertz CT molecular complexity index is 412. The lowest BCUT2D eigenvalue weighted by Gasteiger charge is -2.34. The molecule has 100 valence electrons. The number of hydrogen-bond donors (Lipinski definition) is 2. The Morgan fingerprint density at radius 1 is 1.50 bits per heavy atom. The van der Waals surface area contributed by atoms with Crippen molar-refractivity contribution in [3.8, 4) is 0 Å². The zero-order valence-corrected chi connectivity index (χ0v) is 11.8. The van der Waals surface area contributed by atoms with E-state index in [0.29, 0.717) is 4.88 Å². The molecule has 0 atom stereocenters. The van der Waals surface area contributed by atoms with E-state index in [0.717, 1.165) is 44.6 Å². The topological polar surface area (TPSA) is 66.9 Å². The lowest BCUT2D eigenvalue weighted by molar-refractivity contribution is 0.0925. The van der Waals surface area contributed by atoms with Crippen LogP contribution in [0.4, 0.5) is 0 Å². The molecule has 5 nitrogen and oxygen atoms in total. The average molecular weight is 268 g/mol.